The minimum absolute atomic E-state index is 0.483. The van der Waals surface area contributed by atoms with Gasteiger partial charge in [0.25, 0.3) is 0 Å². The Bertz CT molecular complexity index is 360. The number of hydrogen-bond acceptors (Lipinski definition) is 1. The third-order valence-electron chi connectivity index (χ3n) is 5.30. The van der Waals surface area contributed by atoms with E-state index < -0.39 is 0 Å². The molecule has 1 nitrogen and oxygen atoms in total. The molecule has 1 rings (SSSR count). The van der Waals surface area contributed by atoms with E-state index in [-0.39, 0.29) is 0 Å². The molecule has 1 aliphatic carbocycles. The van der Waals surface area contributed by atoms with Crippen LogP contribution in [-0.4, -0.2) is 12.3 Å². The van der Waals surface area contributed by atoms with Crippen molar-refractivity contribution in [2.45, 2.75) is 99.0 Å². The summed E-state index contributed by atoms with van der Waals surface area (Å²) in [5.74, 6) is 3.26. The third-order valence-corrected chi connectivity index (χ3v) is 5.30. The average molecular weight is 320 g/mol. The Balaban J connectivity index is 2.38. The van der Waals surface area contributed by atoms with Crippen molar-refractivity contribution in [2.75, 3.05) is 0 Å². The molecule has 0 N–H and O–H groups in total. The highest BCUT2D eigenvalue weighted by Crippen LogP contribution is 2.41. The number of nitrogens with zero attached hydrogens (tertiary/aromatic N) is 1. The molecule has 1 fully saturated rings. The van der Waals surface area contributed by atoms with Gasteiger partial charge in [0.15, 0.2) is 0 Å². The van der Waals surface area contributed by atoms with Crippen LogP contribution < -0.4 is 0 Å². The van der Waals surface area contributed by atoms with Gasteiger partial charge in [0.1, 0.15) is 0 Å². The van der Waals surface area contributed by atoms with E-state index in [1.165, 1.54) is 56.9 Å². The summed E-state index contributed by atoms with van der Waals surface area (Å²) in [6.07, 6.45) is 15.4. The van der Waals surface area contributed by atoms with Crippen molar-refractivity contribution in [3.63, 3.8) is 0 Å². The van der Waals surface area contributed by atoms with Gasteiger partial charge in [-0.15, -0.1) is 0 Å². The summed E-state index contributed by atoms with van der Waals surface area (Å²) in [6, 6.07) is 0.483. The van der Waals surface area contributed by atoms with Crippen LogP contribution in [0.5, 0.6) is 0 Å². The lowest BCUT2D eigenvalue weighted by atomic mass is 9.86. The highest BCUT2D eigenvalue weighted by atomic mass is 14.8. The molecule has 0 amide bonds. The molecule has 3 unspecified atom stereocenters. The van der Waals surface area contributed by atoms with Gasteiger partial charge >= 0.3 is 0 Å². The predicted octanol–water partition coefficient (Wildman–Crippen LogP) is 7.07. The largest absolute Gasteiger partial charge is 0.294 e. The molecule has 4 atom stereocenters. The van der Waals surface area contributed by atoms with Gasteiger partial charge in [0.05, 0.1) is 0 Å². The van der Waals surface area contributed by atoms with Crippen LogP contribution in [0, 0.1) is 23.7 Å². The lowest BCUT2D eigenvalue weighted by Crippen LogP contribution is -2.17. The average Bonchev–Trinajstić information content (AvgIpc) is 3.29. The molecule has 0 aromatic carbocycles. The second-order valence-electron chi connectivity index (χ2n) is 8.38. The van der Waals surface area contributed by atoms with Crippen LogP contribution >= 0.6 is 0 Å². The first kappa shape index (κ1) is 20.5. The number of allylic oxidation sites excluding steroid dienone is 2. The van der Waals surface area contributed by atoms with Gasteiger partial charge in [-0.2, -0.15) is 0 Å². The van der Waals surface area contributed by atoms with Gasteiger partial charge in [0.2, 0.25) is 0 Å². The van der Waals surface area contributed by atoms with Gasteiger partial charge in [-0.05, 0) is 76.5 Å². The minimum Gasteiger partial charge on any atom is -0.294 e. The minimum atomic E-state index is 0.483. The molecule has 0 saturated heterocycles. The molecule has 0 heterocycles. The fourth-order valence-electron chi connectivity index (χ4n) is 3.60. The normalized spacial score (nSPS) is 20.3. The van der Waals surface area contributed by atoms with Crippen molar-refractivity contribution in [3.05, 3.63) is 11.6 Å². The second kappa shape index (κ2) is 11.0. The third kappa shape index (κ3) is 9.33. The SMILES string of the molecule is CCCCC(C)C(/C=N\[C@@H](C)CC(C)CCC=C(C)C)C1CC1. The number of hydrogen-bond donors (Lipinski definition) is 0. The topological polar surface area (TPSA) is 12.4 Å². The molecule has 0 bridgehead atoms. The van der Waals surface area contributed by atoms with Crippen LogP contribution in [0.2, 0.25) is 0 Å². The van der Waals surface area contributed by atoms with Crippen LogP contribution in [0.3, 0.4) is 0 Å². The molecule has 0 aromatic heterocycles. The molecular weight excluding hydrogens is 278 g/mol. The summed E-state index contributed by atoms with van der Waals surface area (Å²) in [7, 11) is 0. The predicted molar refractivity (Wildman–Crippen MR) is 105 cm³/mol. The van der Waals surface area contributed by atoms with Crippen molar-refractivity contribution in [3.8, 4) is 0 Å². The Hall–Kier alpha value is -0.590. The van der Waals surface area contributed by atoms with Gasteiger partial charge in [0, 0.05) is 12.3 Å². The van der Waals surface area contributed by atoms with Crippen LogP contribution in [0.15, 0.2) is 16.6 Å². The van der Waals surface area contributed by atoms with E-state index in [2.05, 4.69) is 53.8 Å². The van der Waals surface area contributed by atoms with E-state index in [0.717, 1.165) is 23.7 Å². The second-order valence-corrected chi connectivity index (χ2v) is 8.38. The Morgan fingerprint density at radius 1 is 1.13 bits per heavy atom. The highest BCUT2D eigenvalue weighted by Gasteiger charge is 2.33. The summed E-state index contributed by atoms with van der Waals surface area (Å²) in [4.78, 5) is 4.96. The van der Waals surface area contributed by atoms with E-state index >= 15 is 0 Å². The first-order chi connectivity index (χ1) is 10.9. The zero-order chi connectivity index (χ0) is 17.2. The summed E-state index contributed by atoms with van der Waals surface area (Å²) in [5.41, 5.74) is 1.44. The maximum absolute atomic E-state index is 4.96. The Morgan fingerprint density at radius 3 is 2.39 bits per heavy atom. The first-order valence-corrected chi connectivity index (χ1v) is 10.1. The monoisotopic (exact) mass is 319 g/mol. The van der Waals surface area contributed by atoms with E-state index in [1.54, 1.807) is 0 Å². The quantitative estimate of drug-likeness (QED) is 0.269. The number of rotatable bonds is 12. The van der Waals surface area contributed by atoms with Crippen LogP contribution in [0.1, 0.15) is 92.9 Å². The smallest absolute Gasteiger partial charge is 0.0470 e. The maximum Gasteiger partial charge on any atom is 0.0470 e. The van der Waals surface area contributed by atoms with Crippen molar-refractivity contribution >= 4 is 6.21 Å². The molecule has 0 aliphatic heterocycles. The fourth-order valence-corrected chi connectivity index (χ4v) is 3.60. The lowest BCUT2D eigenvalue weighted by Gasteiger charge is -2.21. The molecule has 0 aromatic rings. The van der Waals surface area contributed by atoms with Crippen molar-refractivity contribution in [1.82, 2.24) is 0 Å². The van der Waals surface area contributed by atoms with Crippen molar-refractivity contribution in [1.29, 1.82) is 0 Å². The maximum atomic E-state index is 4.96. The van der Waals surface area contributed by atoms with E-state index in [1.807, 2.05) is 0 Å². The molecule has 1 saturated carbocycles. The Morgan fingerprint density at radius 2 is 1.83 bits per heavy atom. The van der Waals surface area contributed by atoms with E-state index in [9.17, 15) is 0 Å². The molecular formula is C22H41N. The number of aliphatic imine (C=N–C) groups is 1. The van der Waals surface area contributed by atoms with E-state index in [4.69, 9.17) is 4.99 Å². The molecule has 134 valence electrons. The summed E-state index contributed by atoms with van der Waals surface area (Å²) < 4.78 is 0. The molecule has 1 aliphatic rings. The molecule has 23 heavy (non-hydrogen) atoms. The van der Waals surface area contributed by atoms with Crippen molar-refractivity contribution in [2.24, 2.45) is 28.7 Å². The first-order valence-electron chi connectivity index (χ1n) is 10.1. The van der Waals surface area contributed by atoms with Crippen LogP contribution in [0.4, 0.5) is 0 Å². The van der Waals surface area contributed by atoms with Gasteiger partial charge < -0.3 is 0 Å². The van der Waals surface area contributed by atoms with E-state index in [0.29, 0.717) is 6.04 Å². The van der Waals surface area contributed by atoms with Crippen molar-refractivity contribution < 1.29 is 0 Å². The molecule has 1 heteroatoms. The Labute approximate surface area is 146 Å². The lowest BCUT2D eigenvalue weighted by molar-refractivity contribution is 0.379. The summed E-state index contributed by atoms with van der Waals surface area (Å²) in [6.45, 7) is 13.8. The van der Waals surface area contributed by atoms with Crippen LogP contribution in [0.25, 0.3) is 0 Å². The Kier molecular flexibility index (Phi) is 9.83. The highest BCUT2D eigenvalue weighted by molar-refractivity contribution is 5.62. The molecule has 0 radical (unpaired) electrons. The van der Waals surface area contributed by atoms with Gasteiger partial charge in [-0.3, -0.25) is 4.99 Å². The zero-order valence-corrected chi connectivity index (χ0v) is 16.6. The molecule has 0 spiro atoms. The number of unbranched alkanes of at least 4 members (excludes halogenated alkanes) is 1. The zero-order valence-electron chi connectivity index (χ0n) is 16.6. The van der Waals surface area contributed by atoms with Gasteiger partial charge in [-0.25, -0.2) is 0 Å². The summed E-state index contributed by atoms with van der Waals surface area (Å²) in [5, 5.41) is 0. The fraction of sp³-hybridized carbons (Fsp3) is 0.864. The standard InChI is InChI=1S/C22H41N/c1-7-8-12-19(5)22(21-13-14-21)16-23-20(6)15-18(4)11-9-10-17(2)3/h10,16,18-22H,7-9,11-15H2,1-6H3/b23-16-/t18?,19?,20-,22?/m0/s1. The van der Waals surface area contributed by atoms with Gasteiger partial charge in [-0.1, -0.05) is 51.7 Å². The summed E-state index contributed by atoms with van der Waals surface area (Å²) >= 11 is 0. The van der Waals surface area contributed by atoms with Crippen LogP contribution in [-0.2, 0) is 0 Å².